The summed E-state index contributed by atoms with van der Waals surface area (Å²) in [6.07, 6.45) is 1.56. The third kappa shape index (κ3) is 5.54. The van der Waals surface area contributed by atoms with Gasteiger partial charge in [-0.1, -0.05) is 42.5 Å². The molecule has 0 aliphatic rings. The molecule has 0 spiro atoms. The van der Waals surface area contributed by atoms with E-state index in [1.54, 1.807) is 25.3 Å². The van der Waals surface area contributed by atoms with Crippen molar-refractivity contribution >= 4 is 45.5 Å². The number of nitrogens with one attached hydrogen (secondary N) is 1. The van der Waals surface area contributed by atoms with Gasteiger partial charge in [-0.3, -0.25) is 4.79 Å². The lowest BCUT2D eigenvalue weighted by Gasteiger charge is -2.15. The summed E-state index contributed by atoms with van der Waals surface area (Å²) in [7, 11) is 0. The summed E-state index contributed by atoms with van der Waals surface area (Å²) in [5, 5.41) is 6.39. The van der Waals surface area contributed by atoms with E-state index in [1.807, 2.05) is 37.3 Å². The Morgan fingerprint density at radius 1 is 1.09 bits per heavy atom. The van der Waals surface area contributed by atoms with Gasteiger partial charge in [0, 0.05) is 0 Å². The van der Waals surface area contributed by atoms with Crippen LogP contribution in [0.15, 0.2) is 76.2 Å². The molecule has 0 fully saturated rings. The van der Waals surface area contributed by atoms with Crippen LogP contribution in [0.5, 0.6) is 11.5 Å². The first-order chi connectivity index (χ1) is 16.0. The number of carbonyl (C=O) groups excluding carboxylic acids is 1. The highest BCUT2D eigenvalue weighted by atomic mass is 127. The molecule has 1 heterocycles. The number of aryl methyl sites for hydroxylation is 1. The molecule has 3 aromatic carbocycles. The van der Waals surface area contributed by atoms with Gasteiger partial charge in [-0.2, -0.15) is 5.10 Å². The van der Waals surface area contributed by atoms with Crippen molar-refractivity contribution in [2.24, 2.45) is 5.10 Å². The summed E-state index contributed by atoms with van der Waals surface area (Å²) in [6, 6.07) is 21.5. The molecule has 0 saturated carbocycles. The second-order valence-electron chi connectivity index (χ2n) is 7.30. The lowest BCUT2D eigenvalue weighted by Crippen LogP contribution is -2.16. The molecule has 7 heteroatoms. The zero-order valence-corrected chi connectivity index (χ0v) is 20.5. The summed E-state index contributed by atoms with van der Waals surface area (Å²) in [5.41, 5.74) is 4.35. The van der Waals surface area contributed by atoms with E-state index in [1.165, 1.54) is 10.8 Å². The van der Waals surface area contributed by atoms with Crippen LogP contribution < -0.4 is 14.9 Å². The van der Waals surface area contributed by atoms with Gasteiger partial charge in [-0.05, 0) is 82.6 Å². The Kier molecular flexibility index (Phi) is 7.29. The summed E-state index contributed by atoms with van der Waals surface area (Å²) < 4.78 is 18.2. The molecule has 33 heavy (non-hydrogen) atoms. The van der Waals surface area contributed by atoms with Crippen molar-refractivity contribution < 1.29 is 18.7 Å². The number of hydrazone groups is 1. The van der Waals surface area contributed by atoms with E-state index in [9.17, 15) is 4.79 Å². The fourth-order valence-electron chi connectivity index (χ4n) is 3.41. The zero-order chi connectivity index (χ0) is 23.2. The molecule has 1 N–H and O–H groups in total. The minimum atomic E-state index is -0.408. The maximum Gasteiger partial charge on any atom is 0.307 e. The summed E-state index contributed by atoms with van der Waals surface area (Å²) in [6.45, 7) is 4.62. The Labute approximate surface area is 205 Å². The number of carbonyl (C=O) groups is 1. The molecular weight excluding hydrogens is 531 g/mol. The molecule has 0 aliphatic carbocycles. The van der Waals surface area contributed by atoms with E-state index >= 15 is 0 Å². The number of amides is 1. The largest absolute Gasteiger partial charge is 0.490 e. The monoisotopic (exact) mass is 554 g/mol. The lowest BCUT2D eigenvalue weighted by atomic mass is 10.1. The molecular formula is C26H23IN2O4. The molecule has 0 saturated heterocycles. The molecule has 0 unspecified atom stereocenters. The van der Waals surface area contributed by atoms with E-state index in [0.717, 1.165) is 14.7 Å². The molecule has 1 aromatic heterocycles. The standard InChI is InChI=1S/C26H23IN2O4/c1-3-31-24-14-18(15-28-29-26(30)23-12-11-17(2)33-23)13-22(27)25(24)32-16-20-9-6-8-19-7-4-5-10-21(19)20/h4-15H,3,16H2,1-2H3,(H,29,30)/b28-15-. The van der Waals surface area contributed by atoms with E-state index in [-0.39, 0.29) is 5.76 Å². The topological polar surface area (TPSA) is 73.1 Å². The second kappa shape index (κ2) is 10.5. The van der Waals surface area contributed by atoms with Crippen LogP contribution in [0.25, 0.3) is 10.8 Å². The number of furan rings is 1. The van der Waals surface area contributed by atoms with Crippen LogP contribution in [0.1, 0.15) is 34.4 Å². The molecule has 4 aromatic rings. The number of rotatable bonds is 8. The highest BCUT2D eigenvalue weighted by Gasteiger charge is 2.13. The molecule has 6 nitrogen and oxygen atoms in total. The minimum Gasteiger partial charge on any atom is -0.490 e. The van der Waals surface area contributed by atoms with Crippen LogP contribution >= 0.6 is 22.6 Å². The first-order valence-electron chi connectivity index (χ1n) is 10.5. The van der Waals surface area contributed by atoms with Crippen LogP contribution in [-0.4, -0.2) is 18.7 Å². The van der Waals surface area contributed by atoms with Gasteiger partial charge < -0.3 is 13.9 Å². The minimum absolute atomic E-state index is 0.214. The van der Waals surface area contributed by atoms with Gasteiger partial charge in [-0.15, -0.1) is 0 Å². The molecule has 1 amide bonds. The number of ether oxygens (including phenoxy) is 2. The number of fused-ring (bicyclic) bond motifs is 1. The Morgan fingerprint density at radius 2 is 1.91 bits per heavy atom. The van der Waals surface area contributed by atoms with Crippen molar-refractivity contribution in [3.05, 3.63) is 92.9 Å². The first kappa shape index (κ1) is 22.8. The second-order valence-corrected chi connectivity index (χ2v) is 8.46. The lowest BCUT2D eigenvalue weighted by molar-refractivity contribution is 0.0926. The summed E-state index contributed by atoms with van der Waals surface area (Å²) >= 11 is 2.22. The Morgan fingerprint density at radius 3 is 2.70 bits per heavy atom. The van der Waals surface area contributed by atoms with Gasteiger partial charge >= 0.3 is 5.91 Å². The highest BCUT2D eigenvalue weighted by Crippen LogP contribution is 2.35. The number of hydrogen-bond donors (Lipinski definition) is 1. The van der Waals surface area contributed by atoms with Crippen LogP contribution in [0.2, 0.25) is 0 Å². The van der Waals surface area contributed by atoms with Gasteiger partial charge in [-0.25, -0.2) is 5.43 Å². The zero-order valence-electron chi connectivity index (χ0n) is 18.3. The number of nitrogens with zero attached hydrogens (tertiary/aromatic N) is 1. The van der Waals surface area contributed by atoms with Crippen molar-refractivity contribution in [3.8, 4) is 11.5 Å². The molecule has 0 aliphatic heterocycles. The summed E-state index contributed by atoms with van der Waals surface area (Å²) in [4.78, 5) is 12.1. The number of benzene rings is 3. The Bertz CT molecular complexity index is 1310. The van der Waals surface area contributed by atoms with Gasteiger partial charge in [0.25, 0.3) is 0 Å². The molecule has 168 valence electrons. The SMILES string of the molecule is CCOc1cc(/C=N\NC(=O)c2ccc(C)o2)cc(I)c1OCc1cccc2ccccc12. The normalized spacial score (nSPS) is 11.1. The molecule has 4 rings (SSSR count). The predicted octanol–water partition coefficient (Wildman–Crippen LogP) is 6.09. The van der Waals surface area contributed by atoms with Crippen LogP contribution in [0, 0.1) is 10.5 Å². The third-order valence-electron chi connectivity index (χ3n) is 4.93. The summed E-state index contributed by atoms with van der Waals surface area (Å²) in [5.74, 6) is 1.77. The van der Waals surface area contributed by atoms with Gasteiger partial charge in [0.15, 0.2) is 17.3 Å². The average molecular weight is 554 g/mol. The fraction of sp³-hybridized carbons (Fsp3) is 0.154. The average Bonchev–Trinajstić information content (AvgIpc) is 3.25. The van der Waals surface area contributed by atoms with Gasteiger partial charge in [0.05, 0.1) is 16.4 Å². The van der Waals surface area contributed by atoms with Crippen LogP contribution in [0.4, 0.5) is 0 Å². The first-order valence-corrected chi connectivity index (χ1v) is 11.6. The van der Waals surface area contributed by atoms with Crippen molar-refractivity contribution in [1.82, 2.24) is 5.43 Å². The Balaban J connectivity index is 1.51. The van der Waals surface area contributed by atoms with Crippen molar-refractivity contribution in [2.45, 2.75) is 20.5 Å². The molecule has 0 bridgehead atoms. The fourth-order valence-corrected chi connectivity index (χ4v) is 4.19. The quantitative estimate of drug-likeness (QED) is 0.163. The predicted molar refractivity (Wildman–Crippen MR) is 137 cm³/mol. The van der Waals surface area contributed by atoms with Crippen molar-refractivity contribution in [2.75, 3.05) is 6.61 Å². The van der Waals surface area contributed by atoms with Crippen LogP contribution in [-0.2, 0) is 6.61 Å². The van der Waals surface area contributed by atoms with E-state index < -0.39 is 5.91 Å². The van der Waals surface area contributed by atoms with Crippen molar-refractivity contribution in [1.29, 1.82) is 0 Å². The van der Waals surface area contributed by atoms with Gasteiger partial charge in [0.1, 0.15) is 12.4 Å². The Hall–Kier alpha value is -3.33. The van der Waals surface area contributed by atoms with E-state index in [0.29, 0.717) is 30.5 Å². The number of halogens is 1. The maximum atomic E-state index is 12.1. The third-order valence-corrected chi connectivity index (χ3v) is 5.73. The molecule has 0 radical (unpaired) electrons. The van der Waals surface area contributed by atoms with Crippen molar-refractivity contribution in [3.63, 3.8) is 0 Å². The van der Waals surface area contributed by atoms with E-state index in [2.05, 4.69) is 57.4 Å². The maximum absolute atomic E-state index is 12.1. The van der Waals surface area contributed by atoms with E-state index in [4.69, 9.17) is 13.9 Å². The molecule has 0 atom stereocenters. The van der Waals surface area contributed by atoms with Crippen LogP contribution in [0.3, 0.4) is 0 Å². The smallest absolute Gasteiger partial charge is 0.307 e. The van der Waals surface area contributed by atoms with Gasteiger partial charge in [0.2, 0.25) is 0 Å². The number of hydrogen-bond acceptors (Lipinski definition) is 5. The highest BCUT2D eigenvalue weighted by molar-refractivity contribution is 14.1.